The third-order valence-corrected chi connectivity index (χ3v) is 3.02. The van der Waals surface area contributed by atoms with Crippen molar-refractivity contribution in [3.8, 4) is 0 Å². The van der Waals surface area contributed by atoms with Crippen molar-refractivity contribution in [2.24, 2.45) is 0 Å². The number of rotatable bonds is 3. The van der Waals surface area contributed by atoms with Crippen LogP contribution in [0.25, 0.3) is 0 Å². The van der Waals surface area contributed by atoms with Gasteiger partial charge in [-0.2, -0.15) is 5.10 Å². The van der Waals surface area contributed by atoms with Crippen molar-refractivity contribution in [2.75, 3.05) is 0 Å². The van der Waals surface area contributed by atoms with Gasteiger partial charge in [-0.25, -0.2) is 4.39 Å². The molecule has 18 heavy (non-hydrogen) atoms. The molecule has 0 saturated carbocycles. The Morgan fingerprint density at radius 3 is 2.83 bits per heavy atom. The van der Waals surface area contributed by atoms with E-state index in [9.17, 15) is 9.18 Å². The van der Waals surface area contributed by atoms with Gasteiger partial charge in [0.15, 0.2) is 0 Å². The van der Waals surface area contributed by atoms with Gasteiger partial charge < -0.3 is 0 Å². The molecule has 0 aliphatic heterocycles. The van der Waals surface area contributed by atoms with Crippen LogP contribution in [0.2, 0.25) is 5.02 Å². The molecule has 0 atom stereocenters. The van der Waals surface area contributed by atoms with E-state index in [-0.39, 0.29) is 11.6 Å². The normalized spacial score (nSPS) is 10.7. The quantitative estimate of drug-likeness (QED) is 0.800. The second kappa shape index (κ2) is 4.90. The molecular weight excluding hydrogens is 255 g/mol. The zero-order chi connectivity index (χ0) is 13.3. The van der Waals surface area contributed by atoms with Crippen LogP contribution in [-0.4, -0.2) is 15.6 Å². The summed E-state index contributed by atoms with van der Waals surface area (Å²) in [5.74, 6) is -0.601. The first-order valence-corrected chi connectivity index (χ1v) is 5.94. The van der Waals surface area contributed by atoms with Crippen LogP contribution in [0.15, 0.2) is 24.4 Å². The number of halogens is 2. The summed E-state index contributed by atoms with van der Waals surface area (Å²) in [4.78, 5) is 12.4. The second-order valence-electron chi connectivity index (χ2n) is 3.95. The Hall–Kier alpha value is -1.68. The molecule has 2 aromatic rings. The van der Waals surface area contributed by atoms with E-state index in [2.05, 4.69) is 5.10 Å². The van der Waals surface area contributed by atoms with Crippen LogP contribution in [0.1, 0.15) is 28.5 Å². The summed E-state index contributed by atoms with van der Waals surface area (Å²) in [7, 11) is 0. The summed E-state index contributed by atoms with van der Waals surface area (Å²) in [5, 5.41) is 4.33. The largest absolute Gasteiger partial charge is 0.287 e. The highest BCUT2D eigenvalue weighted by molar-refractivity contribution is 6.34. The highest BCUT2D eigenvalue weighted by Crippen LogP contribution is 2.21. The van der Waals surface area contributed by atoms with E-state index in [4.69, 9.17) is 11.6 Å². The Bertz CT molecular complexity index is 607. The van der Waals surface area contributed by atoms with Gasteiger partial charge in [0.05, 0.1) is 11.2 Å². The smallest absolute Gasteiger partial charge is 0.212 e. The zero-order valence-electron chi connectivity index (χ0n) is 10.1. The summed E-state index contributed by atoms with van der Waals surface area (Å²) >= 11 is 5.97. The lowest BCUT2D eigenvalue weighted by Crippen LogP contribution is -2.12. The van der Waals surface area contributed by atoms with Crippen LogP contribution in [0, 0.1) is 12.7 Å². The number of aromatic nitrogens is 2. The minimum absolute atomic E-state index is 0.239. The highest BCUT2D eigenvalue weighted by Gasteiger charge is 2.20. The van der Waals surface area contributed by atoms with Gasteiger partial charge in [0.2, 0.25) is 5.78 Å². The van der Waals surface area contributed by atoms with Crippen molar-refractivity contribution in [3.63, 3.8) is 0 Å². The van der Waals surface area contributed by atoms with Gasteiger partial charge in [-0.15, -0.1) is 0 Å². The maximum Gasteiger partial charge on any atom is 0.212 e. The van der Waals surface area contributed by atoms with E-state index in [0.29, 0.717) is 28.4 Å². The first-order valence-electron chi connectivity index (χ1n) is 5.56. The van der Waals surface area contributed by atoms with E-state index in [1.54, 1.807) is 6.92 Å². The number of hydrogen-bond acceptors (Lipinski definition) is 2. The van der Waals surface area contributed by atoms with Gasteiger partial charge in [0.1, 0.15) is 11.5 Å². The molecule has 1 aromatic heterocycles. The Morgan fingerprint density at radius 1 is 1.50 bits per heavy atom. The van der Waals surface area contributed by atoms with Crippen LogP contribution < -0.4 is 0 Å². The first-order chi connectivity index (χ1) is 8.54. The average molecular weight is 267 g/mol. The maximum absolute atomic E-state index is 13.0. The first kappa shape index (κ1) is 12.8. The number of nitrogens with zero attached hydrogens (tertiary/aromatic N) is 2. The summed E-state index contributed by atoms with van der Waals surface area (Å²) in [6.45, 7) is 4.11. The molecule has 0 aliphatic carbocycles. The summed E-state index contributed by atoms with van der Waals surface area (Å²) < 4.78 is 14.6. The molecule has 0 fully saturated rings. The molecule has 3 nitrogen and oxygen atoms in total. The van der Waals surface area contributed by atoms with Crippen molar-refractivity contribution in [1.29, 1.82) is 0 Å². The number of hydrogen-bond donors (Lipinski definition) is 0. The predicted molar refractivity (Wildman–Crippen MR) is 67.5 cm³/mol. The molecule has 0 bridgehead atoms. The molecule has 0 saturated heterocycles. The second-order valence-corrected chi connectivity index (χ2v) is 4.35. The molecule has 0 aliphatic rings. The number of carbonyl (C=O) groups excluding carboxylic acids is 1. The van der Waals surface area contributed by atoms with E-state index < -0.39 is 0 Å². The molecule has 1 aromatic carbocycles. The van der Waals surface area contributed by atoms with Crippen molar-refractivity contribution >= 4 is 17.4 Å². The minimum atomic E-state index is -0.362. The van der Waals surface area contributed by atoms with Gasteiger partial charge >= 0.3 is 0 Å². The van der Waals surface area contributed by atoms with Gasteiger partial charge in [-0.1, -0.05) is 11.6 Å². The topological polar surface area (TPSA) is 34.9 Å². The Morgan fingerprint density at radius 2 is 2.22 bits per heavy atom. The summed E-state index contributed by atoms with van der Waals surface area (Å²) in [6, 6.07) is 4.06. The fraction of sp³-hybridized carbons (Fsp3) is 0.231. The Labute approximate surface area is 109 Å². The Balaban J connectivity index is 2.51. The lowest BCUT2D eigenvalue weighted by Gasteiger charge is -2.07. The van der Waals surface area contributed by atoms with Gasteiger partial charge in [0, 0.05) is 12.1 Å². The third-order valence-electron chi connectivity index (χ3n) is 2.74. The molecule has 5 heteroatoms. The molecule has 0 radical (unpaired) electrons. The van der Waals surface area contributed by atoms with E-state index >= 15 is 0 Å². The lowest BCUT2D eigenvalue weighted by atomic mass is 10.0. The number of benzene rings is 1. The molecule has 0 unspecified atom stereocenters. The van der Waals surface area contributed by atoms with Crippen LogP contribution >= 0.6 is 11.6 Å². The van der Waals surface area contributed by atoms with Crippen molar-refractivity contribution < 1.29 is 9.18 Å². The predicted octanol–water partition coefficient (Wildman–Crippen LogP) is 3.23. The van der Waals surface area contributed by atoms with Crippen LogP contribution in [0.5, 0.6) is 0 Å². The number of aryl methyl sites for hydroxylation is 2. The average Bonchev–Trinajstić information content (AvgIpc) is 2.69. The van der Waals surface area contributed by atoms with Crippen LogP contribution in [-0.2, 0) is 6.54 Å². The maximum atomic E-state index is 13.0. The SMILES string of the molecule is CCn1ncc(Cl)c1C(=O)c1ccc(F)cc1C. The van der Waals surface area contributed by atoms with Gasteiger partial charge in [-0.05, 0) is 37.6 Å². The highest BCUT2D eigenvalue weighted by atomic mass is 35.5. The van der Waals surface area contributed by atoms with Crippen molar-refractivity contribution in [2.45, 2.75) is 20.4 Å². The molecule has 1 heterocycles. The molecule has 0 N–H and O–H groups in total. The monoisotopic (exact) mass is 266 g/mol. The Kier molecular flexibility index (Phi) is 3.48. The van der Waals surface area contributed by atoms with Gasteiger partial charge in [0.25, 0.3) is 0 Å². The summed E-state index contributed by atoms with van der Waals surface area (Å²) in [5.41, 5.74) is 1.36. The minimum Gasteiger partial charge on any atom is -0.287 e. The standard InChI is InChI=1S/C13H12ClFN2O/c1-3-17-12(11(14)7-16-17)13(18)10-5-4-9(15)6-8(10)2/h4-7H,3H2,1-2H3. The van der Waals surface area contributed by atoms with Crippen LogP contribution in [0.4, 0.5) is 4.39 Å². The molecular formula is C13H12ClFN2O. The fourth-order valence-electron chi connectivity index (χ4n) is 1.84. The fourth-order valence-corrected chi connectivity index (χ4v) is 2.06. The van der Waals surface area contributed by atoms with Crippen LogP contribution in [0.3, 0.4) is 0 Å². The van der Waals surface area contributed by atoms with E-state index in [0.717, 1.165) is 0 Å². The van der Waals surface area contributed by atoms with E-state index in [1.807, 2.05) is 6.92 Å². The van der Waals surface area contributed by atoms with E-state index in [1.165, 1.54) is 29.1 Å². The molecule has 94 valence electrons. The summed E-state index contributed by atoms with van der Waals surface area (Å²) in [6.07, 6.45) is 1.44. The van der Waals surface area contributed by atoms with Gasteiger partial charge in [-0.3, -0.25) is 9.48 Å². The molecule has 0 spiro atoms. The number of ketones is 1. The third kappa shape index (κ3) is 2.16. The molecule has 2 rings (SSSR count). The number of carbonyl (C=O) groups is 1. The molecule has 0 amide bonds. The van der Waals surface area contributed by atoms with Crippen molar-refractivity contribution in [3.05, 3.63) is 52.1 Å². The zero-order valence-corrected chi connectivity index (χ0v) is 10.8. The lowest BCUT2D eigenvalue weighted by molar-refractivity contribution is 0.102. The van der Waals surface area contributed by atoms with Crippen molar-refractivity contribution in [1.82, 2.24) is 9.78 Å².